The van der Waals surface area contributed by atoms with E-state index in [0.29, 0.717) is 30.0 Å². The van der Waals surface area contributed by atoms with Crippen molar-refractivity contribution in [3.63, 3.8) is 0 Å². The third-order valence-electron chi connectivity index (χ3n) is 5.09. The highest BCUT2D eigenvalue weighted by atomic mass is 32.2. The zero-order valence-electron chi connectivity index (χ0n) is 16.4. The lowest BCUT2D eigenvalue weighted by Gasteiger charge is -2.19. The molecule has 2 aromatic rings. The Morgan fingerprint density at radius 3 is 2.50 bits per heavy atom. The minimum absolute atomic E-state index is 0.201. The molecule has 28 heavy (non-hydrogen) atoms. The lowest BCUT2D eigenvalue weighted by molar-refractivity contribution is 0.0939. The lowest BCUT2D eigenvalue weighted by Crippen LogP contribution is -2.30. The summed E-state index contributed by atoms with van der Waals surface area (Å²) in [6.07, 6.45) is 1.74. The molecule has 1 atom stereocenters. The van der Waals surface area contributed by atoms with Crippen molar-refractivity contribution in [3.8, 4) is 5.75 Å². The molecule has 1 aliphatic rings. The van der Waals surface area contributed by atoms with E-state index >= 15 is 0 Å². The number of carbonyl (C=O) groups excluding carboxylic acids is 1. The van der Waals surface area contributed by atoms with Gasteiger partial charge in [-0.15, -0.1) is 0 Å². The molecule has 0 bridgehead atoms. The van der Waals surface area contributed by atoms with Gasteiger partial charge in [-0.1, -0.05) is 24.3 Å². The van der Waals surface area contributed by atoms with E-state index in [0.717, 1.165) is 18.4 Å². The van der Waals surface area contributed by atoms with Crippen molar-refractivity contribution in [2.24, 2.45) is 0 Å². The topological polar surface area (TPSA) is 75.7 Å². The van der Waals surface area contributed by atoms with Gasteiger partial charge in [0.25, 0.3) is 5.91 Å². The average Bonchev–Trinajstić information content (AvgIpc) is 3.23. The molecule has 7 heteroatoms. The zero-order valence-corrected chi connectivity index (χ0v) is 17.3. The summed E-state index contributed by atoms with van der Waals surface area (Å²) in [7, 11) is -2.00. The van der Waals surface area contributed by atoms with Crippen molar-refractivity contribution < 1.29 is 17.9 Å². The Morgan fingerprint density at radius 1 is 1.14 bits per heavy atom. The molecular weight excluding hydrogens is 376 g/mol. The second kappa shape index (κ2) is 8.32. The monoisotopic (exact) mass is 402 g/mol. The minimum Gasteiger partial charge on any atom is -0.496 e. The normalized spacial score (nSPS) is 16.0. The molecule has 150 valence electrons. The van der Waals surface area contributed by atoms with Crippen molar-refractivity contribution in [1.82, 2.24) is 9.62 Å². The van der Waals surface area contributed by atoms with E-state index in [1.165, 1.54) is 10.4 Å². The Bertz CT molecular complexity index is 966. The SMILES string of the molecule is COc1ccccc1[C@H](C)NC(=O)c1ccc(C)c(S(=O)(=O)N2CCCC2)c1. The molecule has 0 spiro atoms. The Morgan fingerprint density at radius 2 is 1.82 bits per heavy atom. The van der Waals surface area contributed by atoms with E-state index < -0.39 is 10.0 Å². The highest BCUT2D eigenvalue weighted by Gasteiger charge is 2.29. The first kappa shape index (κ1) is 20.4. The number of amides is 1. The van der Waals surface area contributed by atoms with Crippen molar-refractivity contribution in [3.05, 3.63) is 59.2 Å². The molecule has 0 saturated carbocycles. The molecule has 2 aromatic carbocycles. The first-order valence-electron chi connectivity index (χ1n) is 9.39. The van der Waals surface area contributed by atoms with Gasteiger partial charge in [0.15, 0.2) is 0 Å². The average molecular weight is 403 g/mol. The van der Waals surface area contributed by atoms with Crippen LogP contribution in [0.3, 0.4) is 0 Å². The van der Waals surface area contributed by atoms with Crippen LogP contribution in [0.15, 0.2) is 47.4 Å². The molecule has 6 nitrogen and oxygen atoms in total. The van der Waals surface area contributed by atoms with Gasteiger partial charge in [0.2, 0.25) is 10.0 Å². The highest BCUT2D eigenvalue weighted by molar-refractivity contribution is 7.89. The van der Waals surface area contributed by atoms with E-state index in [9.17, 15) is 13.2 Å². The summed E-state index contributed by atoms with van der Waals surface area (Å²) in [6.45, 7) is 4.68. The van der Waals surface area contributed by atoms with E-state index in [4.69, 9.17) is 4.74 Å². The highest BCUT2D eigenvalue weighted by Crippen LogP contribution is 2.26. The summed E-state index contributed by atoms with van der Waals surface area (Å²) < 4.78 is 32.7. The summed E-state index contributed by atoms with van der Waals surface area (Å²) in [5.74, 6) is 0.368. The molecule has 1 aliphatic heterocycles. The number of sulfonamides is 1. The van der Waals surface area contributed by atoms with Crippen LogP contribution in [0.5, 0.6) is 5.75 Å². The van der Waals surface area contributed by atoms with Crippen molar-refractivity contribution >= 4 is 15.9 Å². The molecule has 0 aromatic heterocycles. The molecular formula is C21H26N2O4S. The van der Waals surface area contributed by atoms with Gasteiger partial charge in [-0.05, 0) is 50.5 Å². The molecule has 1 heterocycles. The fourth-order valence-corrected chi connectivity index (χ4v) is 5.24. The Hall–Kier alpha value is -2.38. The number of nitrogens with one attached hydrogen (secondary N) is 1. The summed E-state index contributed by atoms with van der Waals surface area (Å²) in [6, 6.07) is 12.0. The summed E-state index contributed by atoms with van der Waals surface area (Å²) in [5, 5.41) is 2.93. The van der Waals surface area contributed by atoms with Crippen molar-refractivity contribution in [1.29, 1.82) is 0 Å². The zero-order chi connectivity index (χ0) is 20.3. The molecule has 1 fully saturated rings. The van der Waals surface area contributed by atoms with Crippen molar-refractivity contribution in [2.75, 3.05) is 20.2 Å². The molecule has 0 unspecified atom stereocenters. The van der Waals surface area contributed by atoms with Crippen LogP contribution in [0.2, 0.25) is 0 Å². The number of ether oxygens (including phenoxy) is 1. The Kier molecular flexibility index (Phi) is 6.05. The van der Waals surface area contributed by atoms with Gasteiger partial charge in [0.1, 0.15) is 5.75 Å². The third kappa shape index (κ3) is 4.05. The number of para-hydroxylation sites is 1. The van der Waals surface area contributed by atoms with Gasteiger partial charge in [-0.25, -0.2) is 8.42 Å². The van der Waals surface area contributed by atoms with Crippen LogP contribution in [-0.4, -0.2) is 38.8 Å². The molecule has 3 rings (SSSR count). The number of methoxy groups -OCH3 is 1. The number of nitrogens with zero attached hydrogens (tertiary/aromatic N) is 1. The number of hydrogen-bond acceptors (Lipinski definition) is 4. The fraction of sp³-hybridized carbons (Fsp3) is 0.381. The maximum Gasteiger partial charge on any atom is 0.251 e. The quantitative estimate of drug-likeness (QED) is 0.805. The Labute approximate surface area is 166 Å². The molecule has 0 radical (unpaired) electrons. The van der Waals surface area contributed by atoms with Crippen LogP contribution < -0.4 is 10.1 Å². The second-order valence-electron chi connectivity index (χ2n) is 7.03. The van der Waals surface area contributed by atoms with Gasteiger partial charge in [0.05, 0.1) is 18.0 Å². The van der Waals surface area contributed by atoms with Gasteiger partial charge < -0.3 is 10.1 Å². The first-order valence-corrected chi connectivity index (χ1v) is 10.8. The summed E-state index contributed by atoms with van der Waals surface area (Å²) in [5.41, 5.74) is 1.82. The number of carbonyl (C=O) groups is 1. The van der Waals surface area contributed by atoms with Gasteiger partial charge in [0, 0.05) is 24.2 Å². The van der Waals surface area contributed by atoms with Gasteiger partial charge >= 0.3 is 0 Å². The predicted octanol–water partition coefficient (Wildman–Crippen LogP) is 3.28. The maximum atomic E-state index is 12.9. The third-order valence-corrected chi connectivity index (χ3v) is 7.13. The van der Waals surface area contributed by atoms with Gasteiger partial charge in [-0.3, -0.25) is 4.79 Å². The van der Waals surface area contributed by atoms with E-state index in [-0.39, 0.29) is 16.8 Å². The summed E-state index contributed by atoms with van der Waals surface area (Å²) >= 11 is 0. The van der Waals surface area contributed by atoms with Crippen LogP contribution in [0.1, 0.15) is 47.3 Å². The van der Waals surface area contributed by atoms with Crippen LogP contribution in [0, 0.1) is 6.92 Å². The number of aryl methyl sites for hydroxylation is 1. The standard InChI is InChI=1S/C21H26N2O4S/c1-15-10-11-17(14-20(15)28(25,26)23-12-6-7-13-23)21(24)22-16(2)18-8-4-5-9-19(18)27-3/h4-5,8-11,14,16H,6-7,12-13H2,1-3H3,(H,22,24)/t16-/m0/s1. The lowest BCUT2D eigenvalue weighted by atomic mass is 10.1. The van der Waals surface area contributed by atoms with Crippen molar-refractivity contribution in [2.45, 2.75) is 37.6 Å². The smallest absolute Gasteiger partial charge is 0.251 e. The number of rotatable bonds is 6. The van der Waals surface area contributed by atoms with Crippen LogP contribution in [0.25, 0.3) is 0 Å². The first-order chi connectivity index (χ1) is 13.3. The summed E-state index contributed by atoms with van der Waals surface area (Å²) in [4.78, 5) is 13.0. The molecule has 1 amide bonds. The van der Waals surface area contributed by atoms with Crippen LogP contribution in [-0.2, 0) is 10.0 Å². The maximum absolute atomic E-state index is 12.9. The molecule has 1 N–H and O–H groups in total. The largest absolute Gasteiger partial charge is 0.496 e. The minimum atomic E-state index is -3.58. The second-order valence-corrected chi connectivity index (χ2v) is 8.93. The Balaban J connectivity index is 1.85. The van der Waals surface area contributed by atoms with E-state index in [2.05, 4.69) is 5.32 Å². The fourth-order valence-electron chi connectivity index (χ4n) is 3.47. The predicted molar refractivity (Wildman–Crippen MR) is 108 cm³/mol. The number of benzene rings is 2. The van der Waals surface area contributed by atoms with Gasteiger partial charge in [-0.2, -0.15) is 4.31 Å². The van der Waals surface area contributed by atoms with E-state index in [1.807, 2.05) is 31.2 Å². The van der Waals surface area contributed by atoms with E-state index in [1.54, 1.807) is 26.2 Å². The number of hydrogen-bond donors (Lipinski definition) is 1. The molecule has 0 aliphatic carbocycles. The van der Waals surface area contributed by atoms with Crippen LogP contribution >= 0.6 is 0 Å². The molecule has 1 saturated heterocycles. The van der Waals surface area contributed by atoms with Crippen LogP contribution in [0.4, 0.5) is 0 Å².